The summed E-state index contributed by atoms with van der Waals surface area (Å²) in [6.07, 6.45) is 4.38. The molecule has 0 saturated carbocycles. The van der Waals surface area contributed by atoms with E-state index in [1.54, 1.807) is 6.07 Å². The topological polar surface area (TPSA) is 120 Å². The molecule has 1 aromatic heterocycles. The molecule has 1 N–H and O–H groups in total. The van der Waals surface area contributed by atoms with Crippen molar-refractivity contribution in [1.29, 1.82) is 0 Å². The average Bonchev–Trinajstić information content (AvgIpc) is 3.04. The lowest BCUT2D eigenvalue weighted by molar-refractivity contribution is -0.123. The lowest BCUT2D eigenvalue weighted by atomic mass is 9.96. The number of benzene rings is 1. The van der Waals surface area contributed by atoms with Crippen LogP contribution in [-0.4, -0.2) is 72.2 Å². The first-order chi connectivity index (χ1) is 18.1. The molecule has 4 amide bonds. The second kappa shape index (κ2) is 10.2. The zero-order valence-electron chi connectivity index (χ0n) is 21.5. The molecule has 0 bridgehead atoms. The van der Waals surface area contributed by atoms with Crippen molar-refractivity contribution in [2.75, 3.05) is 30.4 Å². The monoisotopic (exact) mass is 567 g/mol. The summed E-state index contributed by atoms with van der Waals surface area (Å²) < 4.78 is 62.0. The summed E-state index contributed by atoms with van der Waals surface area (Å²) in [5.41, 5.74) is -5.98. The van der Waals surface area contributed by atoms with Crippen LogP contribution in [0.25, 0.3) is 0 Å². The van der Waals surface area contributed by atoms with Gasteiger partial charge in [-0.2, -0.15) is 13.2 Å². The molecule has 0 radical (unpaired) electrons. The van der Waals surface area contributed by atoms with Crippen LogP contribution in [0.4, 0.5) is 29.3 Å². The highest BCUT2D eigenvalue weighted by Gasteiger charge is 2.52. The molecule has 4 rings (SSSR count). The Kier molecular flexibility index (Phi) is 7.47. The van der Waals surface area contributed by atoms with E-state index in [0.29, 0.717) is 36.2 Å². The number of hydrogen-bond acceptors (Lipinski definition) is 7. The van der Waals surface area contributed by atoms with Gasteiger partial charge < -0.3 is 15.1 Å². The van der Waals surface area contributed by atoms with Crippen molar-refractivity contribution in [3.63, 3.8) is 0 Å². The molecule has 1 aromatic carbocycles. The fourth-order valence-electron chi connectivity index (χ4n) is 4.59. The zero-order valence-corrected chi connectivity index (χ0v) is 22.3. The maximum atomic E-state index is 13.4. The van der Waals surface area contributed by atoms with Crippen LogP contribution in [0.3, 0.4) is 0 Å². The third kappa shape index (κ3) is 5.35. The van der Waals surface area contributed by atoms with Crippen molar-refractivity contribution in [2.45, 2.75) is 49.2 Å². The summed E-state index contributed by atoms with van der Waals surface area (Å²) in [5, 5.41) is 2.89. The van der Waals surface area contributed by atoms with Gasteiger partial charge in [0.05, 0.1) is 29.0 Å². The SMILES string of the molecule is CN1CCC(C(=O)Nc2cnccc2CN2C(=O)N(c3ccc(S(=O)(=O)C(F)(F)F)cc3)C(=O)C2(C)C)CC1. The maximum absolute atomic E-state index is 13.4. The number of piperidine rings is 1. The van der Waals surface area contributed by atoms with Crippen LogP contribution in [0, 0.1) is 5.92 Å². The molecule has 2 saturated heterocycles. The van der Waals surface area contributed by atoms with Gasteiger partial charge in [0, 0.05) is 12.1 Å². The molecule has 14 heteroatoms. The largest absolute Gasteiger partial charge is 0.501 e. The molecule has 0 aliphatic carbocycles. The molecular formula is C25H28F3N5O5S. The van der Waals surface area contributed by atoms with Gasteiger partial charge in [-0.05, 0) is 82.7 Å². The third-order valence-electron chi connectivity index (χ3n) is 7.12. The zero-order chi connectivity index (χ0) is 28.8. The normalized spacial score (nSPS) is 19.0. The van der Waals surface area contributed by atoms with Gasteiger partial charge in [0.2, 0.25) is 5.91 Å². The summed E-state index contributed by atoms with van der Waals surface area (Å²) in [7, 11) is -3.59. The number of alkyl halides is 3. The van der Waals surface area contributed by atoms with E-state index in [2.05, 4.69) is 15.2 Å². The number of imide groups is 1. The molecule has 10 nitrogen and oxygen atoms in total. The van der Waals surface area contributed by atoms with E-state index in [4.69, 9.17) is 0 Å². The highest BCUT2D eigenvalue weighted by molar-refractivity contribution is 7.92. The second-order valence-electron chi connectivity index (χ2n) is 10.1. The first-order valence-corrected chi connectivity index (χ1v) is 13.6. The Morgan fingerprint density at radius 1 is 1.10 bits per heavy atom. The molecule has 0 spiro atoms. The Labute approximate surface area is 223 Å². The fraction of sp³-hybridized carbons (Fsp3) is 0.440. The Bertz CT molecular complexity index is 1390. The molecule has 2 aromatic rings. The summed E-state index contributed by atoms with van der Waals surface area (Å²) in [6, 6.07) is 4.24. The summed E-state index contributed by atoms with van der Waals surface area (Å²) in [4.78, 5) is 46.8. The summed E-state index contributed by atoms with van der Waals surface area (Å²) in [6.45, 7) is 4.58. The standard InChI is InChI=1S/C25H28F3N5O5S/c1-24(2)22(35)33(18-4-6-19(7-5-18)39(37,38)25(26,27)28)23(36)32(24)15-17-8-11-29-14-20(17)30-21(34)16-9-12-31(3)13-10-16/h4-8,11,14,16H,9-10,12-13,15H2,1-3H3,(H,30,34). The minimum Gasteiger partial charge on any atom is -0.324 e. The van der Waals surface area contributed by atoms with Gasteiger partial charge in [-0.3, -0.25) is 14.6 Å². The van der Waals surface area contributed by atoms with Gasteiger partial charge >= 0.3 is 11.5 Å². The summed E-state index contributed by atoms with van der Waals surface area (Å²) >= 11 is 0. The Morgan fingerprint density at radius 2 is 1.72 bits per heavy atom. The van der Waals surface area contributed by atoms with Gasteiger partial charge in [-0.15, -0.1) is 0 Å². The van der Waals surface area contributed by atoms with Gasteiger partial charge in [-0.25, -0.2) is 18.1 Å². The molecular weight excluding hydrogens is 539 g/mol. The number of carbonyl (C=O) groups is 3. The number of hydrogen-bond donors (Lipinski definition) is 1. The van der Waals surface area contributed by atoms with Crippen LogP contribution in [-0.2, 0) is 26.0 Å². The van der Waals surface area contributed by atoms with Crippen molar-refractivity contribution in [3.8, 4) is 0 Å². The lowest BCUT2D eigenvalue weighted by Gasteiger charge is -2.29. The highest BCUT2D eigenvalue weighted by atomic mass is 32.2. The van der Waals surface area contributed by atoms with Crippen molar-refractivity contribution in [3.05, 3.63) is 48.3 Å². The predicted octanol–water partition coefficient (Wildman–Crippen LogP) is 3.40. The molecule has 3 heterocycles. The third-order valence-corrected chi connectivity index (χ3v) is 8.62. The van der Waals surface area contributed by atoms with Crippen LogP contribution in [0.1, 0.15) is 32.3 Å². The van der Waals surface area contributed by atoms with Gasteiger partial charge in [0.15, 0.2) is 0 Å². The Morgan fingerprint density at radius 3 is 2.31 bits per heavy atom. The van der Waals surface area contributed by atoms with Crippen LogP contribution in [0.5, 0.6) is 0 Å². The molecule has 2 aliphatic rings. The molecule has 210 valence electrons. The van der Waals surface area contributed by atoms with E-state index in [-0.39, 0.29) is 24.1 Å². The minimum atomic E-state index is -5.59. The van der Waals surface area contributed by atoms with E-state index in [1.807, 2.05) is 7.05 Å². The number of urea groups is 1. The summed E-state index contributed by atoms with van der Waals surface area (Å²) in [5.74, 6) is -0.971. The first kappa shape index (κ1) is 28.5. The smallest absolute Gasteiger partial charge is 0.324 e. The van der Waals surface area contributed by atoms with E-state index in [0.717, 1.165) is 30.1 Å². The number of nitrogens with one attached hydrogen (secondary N) is 1. The average molecular weight is 568 g/mol. The number of amides is 4. The fourth-order valence-corrected chi connectivity index (χ4v) is 5.35. The first-order valence-electron chi connectivity index (χ1n) is 12.1. The van der Waals surface area contributed by atoms with Crippen molar-refractivity contribution in [2.24, 2.45) is 5.92 Å². The number of carbonyl (C=O) groups excluding carboxylic acids is 3. The number of likely N-dealkylation sites (tertiary alicyclic amines) is 1. The van der Waals surface area contributed by atoms with E-state index >= 15 is 0 Å². The lowest BCUT2D eigenvalue weighted by Crippen LogP contribution is -2.43. The molecule has 2 aliphatic heterocycles. The Balaban J connectivity index is 1.56. The van der Waals surface area contributed by atoms with E-state index in [9.17, 15) is 36.0 Å². The van der Waals surface area contributed by atoms with Crippen molar-refractivity contribution in [1.82, 2.24) is 14.8 Å². The maximum Gasteiger partial charge on any atom is 0.501 e. The van der Waals surface area contributed by atoms with Gasteiger partial charge in [0.25, 0.3) is 15.7 Å². The van der Waals surface area contributed by atoms with Crippen LogP contribution in [0.15, 0.2) is 47.6 Å². The number of nitrogens with zero attached hydrogens (tertiary/aromatic N) is 4. The number of halogens is 3. The van der Waals surface area contributed by atoms with Crippen molar-refractivity contribution < 1.29 is 36.0 Å². The molecule has 0 atom stereocenters. The van der Waals surface area contributed by atoms with Gasteiger partial charge in [0.1, 0.15) is 5.54 Å². The van der Waals surface area contributed by atoms with E-state index < -0.39 is 37.7 Å². The minimum absolute atomic E-state index is 0.0693. The van der Waals surface area contributed by atoms with Crippen LogP contribution >= 0.6 is 0 Å². The number of aromatic nitrogens is 1. The predicted molar refractivity (Wildman–Crippen MR) is 135 cm³/mol. The molecule has 39 heavy (non-hydrogen) atoms. The van der Waals surface area contributed by atoms with Gasteiger partial charge in [-0.1, -0.05) is 0 Å². The van der Waals surface area contributed by atoms with E-state index in [1.165, 1.54) is 31.1 Å². The molecule has 2 fully saturated rings. The number of anilines is 2. The number of sulfone groups is 1. The van der Waals surface area contributed by atoms with Crippen molar-refractivity contribution >= 4 is 39.1 Å². The Hall–Kier alpha value is -3.52. The van der Waals surface area contributed by atoms with Crippen LogP contribution < -0.4 is 10.2 Å². The van der Waals surface area contributed by atoms with Crippen LogP contribution in [0.2, 0.25) is 0 Å². The molecule has 0 unspecified atom stereocenters. The number of pyridine rings is 1. The number of rotatable bonds is 6. The quantitative estimate of drug-likeness (QED) is 0.532. The highest BCUT2D eigenvalue weighted by Crippen LogP contribution is 2.36. The second-order valence-corrected chi connectivity index (χ2v) is 12.1.